The SMILES string of the molecule is O=C(C[C@@H](Cc1ccccc1)[C@H](O)CC[C@H]1CC2(CCCC2)Oc2c(F)cc(F)cc21)c1ccc(=O)n(C2CCCC2)c1. The number of aliphatic hydroxyl groups is 1. The maximum absolute atomic E-state index is 14.9. The number of hydrogen-bond donors (Lipinski definition) is 1. The van der Waals surface area contributed by atoms with Crippen molar-refractivity contribution in [1.82, 2.24) is 4.57 Å². The first-order valence-electron chi connectivity index (χ1n) is 16.0. The van der Waals surface area contributed by atoms with Crippen LogP contribution in [0.4, 0.5) is 8.78 Å². The summed E-state index contributed by atoms with van der Waals surface area (Å²) in [6, 6.07) is 15.3. The molecule has 1 spiro atoms. The van der Waals surface area contributed by atoms with E-state index in [1.54, 1.807) is 16.8 Å². The minimum absolute atomic E-state index is 0.0889. The van der Waals surface area contributed by atoms with Gasteiger partial charge in [0.25, 0.3) is 5.56 Å². The summed E-state index contributed by atoms with van der Waals surface area (Å²) >= 11 is 0. The van der Waals surface area contributed by atoms with Gasteiger partial charge in [0, 0.05) is 41.9 Å². The topological polar surface area (TPSA) is 68.5 Å². The number of rotatable bonds is 10. The van der Waals surface area contributed by atoms with Crippen molar-refractivity contribution < 1.29 is 23.4 Å². The molecule has 3 aliphatic rings. The summed E-state index contributed by atoms with van der Waals surface area (Å²) in [6.07, 6.45) is 10.9. The van der Waals surface area contributed by atoms with Gasteiger partial charge in [-0.1, -0.05) is 43.2 Å². The molecule has 43 heavy (non-hydrogen) atoms. The third-order valence-corrected chi connectivity index (χ3v) is 10.1. The summed E-state index contributed by atoms with van der Waals surface area (Å²) in [6.45, 7) is 0. The Labute approximate surface area is 251 Å². The predicted octanol–water partition coefficient (Wildman–Crippen LogP) is 7.69. The fourth-order valence-electron chi connectivity index (χ4n) is 7.75. The Hall–Kier alpha value is -3.32. The number of aliphatic hydroxyl groups excluding tert-OH is 1. The Morgan fingerprint density at radius 3 is 2.51 bits per heavy atom. The lowest BCUT2D eigenvalue weighted by Gasteiger charge is -2.40. The molecule has 2 saturated carbocycles. The van der Waals surface area contributed by atoms with E-state index in [0.717, 1.165) is 63.0 Å². The number of ketones is 1. The molecule has 7 heteroatoms. The third-order valence-electron chi connectivity index (χ3n) is 10.1. The van der Waals surface area contributed by atoms with Gasteiger partial charge in [-0.2, -0.15) is 0 Å². The second-order valence-electron chi connectivity index (χ2n) is 13.0. The molecule has 2 aliphatic carbocycles. The fourth-order valence-corrected chi connectivity index (χ4v) is 7.75. The van der Waals surface area contributed by atoms with Crippen molar-refractivity contribution in [2.24, 2.45) is 5.92 Å². The summed E-state index contributed by atoms with van der Waals surface area (Å²) in [5.74, 6) is -1.74. The van der Waals surface area contributed by atoms with Gasteiger partial charge in [0.1, 0.15) is 11.4 Å². The van der Waals surface area contributed by atoms with Gasteiger partial charge in [0.15, 0.2) is 17.3 Å². The normalized spacial score (nSPS) is 21.0. The second kappa shape index (κ2) is 12.7. The molecule has 0 radical (unpaired) electrons. The largest absolute Gasteiger partial charge is 0.484 e. The number of hydrogen-bond acceptors (Lipinski definition) is 4. The highest BCUT2D eigenvalue weighted by molar-refractivity contribution is 5.96. The van der Waals surface area contributed by atoms with Crippen LogP contribution in [0.1, 0.15) is 110 Å². The summed E-state index contributed by atoms with van der Waals surface area (Å²) in [5.41, 5.74) is 1.52. The Balaban J connectivity index is 1.21. The van der Waals surface area contributed by atoms with E-state index in [-0.39, 0.29) is 41.4 Å². The molecule has 2 aromatic carbocycles. The van der Waals surface area contributed by atoms with Gasteiger partial charge in [-0.25, -0.2) is 8.78 Å². The molecule has 0 amide bonds. The Morgan fingerprint density at radius 2 is 1.77 bits per heavy atom. The Bertz CT molecular complexity index is 1490. The highest BCUT2D eigenvalue weighted by Gasteiger charge is 2.44. The molecule has 5 nitrogen and oxygen atoms in total. The minimum Gasteiger partial charge on any atom is -0.484 e. The first-order chi connectivity index (χ1) is 20.8. The van der Waals surface area contributed by atoms with Crippen molar-refractivity contribution in [3.8, 4) is 5.75 Å². The number of Topliss-reactive ketones (excluding diaryl/α,β-unsaturated/α-hetero) is 1. The van der Waals surface area contributed by atoms with Crippen LogP contribution in [0.2, 0.25) is 0 Å². The molecule has 0 bridgehead atoms. The van der Waals surface area contributed by atoms with E-state index in [0.29, 0.717) is 36.8 Å². The molecule has 1 N–H and O–H groups in total. The lowest BCUT2D eigenvalue weighted by Crippen LogP contribution is -2.39. The van der Waals surface area contributed by atoms with E-state index in [9.17, 15) is 23.5 Å². The number of halogens is 2. The minimum atomic E-state index is -0.797. The molecule has 6 rings (SSSR count). The zero-order valence-electron chi connectivity index (χ0n) is 24.7. The van der Waals surface area contributed by atoms with Crippen LogP contribution in [0.15, 0.2) is 65.6 Å². The van der Waals surface area contributed by atoms with Crippen LogP contribution >= 0.6 is 0 Å². The van der Waals surface area contributed by atoms with Gasteiger partial charge in [-0.15, -0.1) is 0 Å². The second-order valence-corrected chi connectivity index (χ2v) is 13.0. The van der Waals surface area contributed by atoms with E-state index in [2.05, 4.69) is 0 Å². The third kappa shape index (κ3) is 6.62. The molecule has 1 aliphatic heterocycles. The number of nitrogens with zero attached hydrogens (tertiary/aromatic N) is 1. The van der Waals surface area contributed by atoms with Crippen LogP contribution in [-0.2, 0) is 6.42 Å². The van der Waals surface area contributed by atoms with Crippen molar-refractivity contribution in [3.63, 3.8) is 0 Å². The first kappa shape index (κ1) is 29.7. The van der Waals surface area contributed by atoms with Crippen molar-refractivity contribution in [2.75, 3.05) is 0 Å². The van der Waals surface area contributed by atoms with Crippen molar-refractivity contribution in [3.05, 3.63) is 99.5 Å². The van der Waals surface area contributed by atoms with Crippen LogP contribution < -0.4 is 10.3 Å². The number of aromatic nitrogens is 1. The van der Waals surface area contributed by atoms with Crippen LogP contribution in [0.25, 0.3) is 0 Å². The fraction of sp³-hybridized carbons (Fsp3) is 0.500. The standard InChI is InChI=1S/C36H41F2NO4/c37-28-20-30-25(22-36(16-6-7-17-36)43-35(30)31(38)21-28)12-14-32(40)27(18-24-8-2-1-3-9-24)19-33(41)26-13-15-34(42)39(23-26)29-10-4-5-11-29/h1-3,8-9,13,15,20-21,23,25,27,29,32,40H,4-7,10-12,14,16-19,22H2/t25-,27+,32+/m0/s1. The molecule has 3 atom stereocenters. The van der Waals surface area contributed by atoms with Crippen molar-refractivity contribution >= 4 is 5.78 Å². The molecule has 1 aromatic heterocycles. The van der Waals surface area contributed by atoms with Crippen LogP contribution in [-0.4, -0.2) is 27.2 Å². The molecule has 0 unspecified atom stereocenters. The Kier molecular flexibility index (Phi) is 8.80. The maximum atomic E-state index is 14.9. The average molecular weight is 590 g/mol. The number of carbonyl (C=O) groups excluding carboxylic acids is 1. The summed E-state index contributed by atoms with van der Waals surface area (Å²) in [5, 5.41) is 11.6. The summed E-state index contributed by atoms with van der Waals surface area (Å²) < 4.78 is 37.1. The van der Waals surface area contributed by atoms with Gasteiger partial charge < -0.3 is 14.4 Å². The summed E-state index contributed by atoms with van der Waals surface area (Å²) in [7, 11) is 0. The van der Waals surface area contributed by atoms with Crippen molar-refractivity contribution in [1.29, 1.82) is 0 Å². The van der Waals surface area contributed by atoms with Crippen LogP contribution in [0.5, 0.6) is 5.75 Å². The maximum Gasteiger partial charge on any atom is 0.250 e. The number of pyridine rings is 1. The Morgan fingerprint density at radius 1 is 1.02 bits per heavy atom. The zero-order valence-corrected chi connectivity index (χ0v) is 24.7. The van der Waals surface area contributed by atoms with E-state index in [1.807, 2.05) is 30.3 Å². The van der Waals surface area contributed by atoms with Gasteiger partial charge in [-0.3, -0.25) is 9.59 Å². The van der Waals surface area contributed by atoms with E-state index in [1.165, 1.54) is 12.1 Å². The number of fused-ring (bicyclic) bond motifs is 1. The van der Waals surface area contributed by atoms with Crippen LogP contribution in [0.3, 0.4) is 0 Å². The number of carbonyl (C=O) groups is 1. The molecule has 0 saturated heterocycles. The van der Waals surface area contributed by atoms with Gasteiger partial charge in [0.2, 0.25) is 0 Å². The van der Waals surface area contributed by atoms with E-state index >= 15 is 0 Å². The highest BCUT2D eigenvalue weighted by Crippen LogP contribution is 2.50. The first-order valence-corrected chi connectivity index (χ1v) is 16.0. The molecule has 228 valence electrons. The molecule has 2 heterocycles. The number of ether oxygens (including phenoxy) is 1. The predicted molar refractivity (Wildman–Crippen MR) is 162 cm³/mol. The monoisotopic (exact) mass is 589 g/mol. The molecular formula is C36H41F2NO4. The molecule has 2 fully saturated rings. The highest BCUT2D eigenvalue weighted by atomic mass is 19.1. The lowest BCUT2D eigenvalue weighted by atomic mass is 9.77. The van der Waals surface area contributed by atoms with Gasteiger partial charge >= 0.3 is 0 Å². The smallest absolute Gasteiger partial charge is 0.250 e. The number of benzene rings is 2. The quantitative estimate of drug-likeness (QED) is 0.246. The van der Waals surface area contributed by atoms with E-state index in [4.69, 9.17) is 4.74 Å². The van der Waals surface area contributed by atoms with Crippen LogP contribution in [0, 0.1) is 17.6 Å². The van der Waals surface area contributed by atoms with Gasteiger partial charge in [0.05, 0.1) is 6.10 Å². The molecular weight excluding hydrogens is 548 g/mol. The van der Waals surface area contributed by atoms with Gasteiger partial charge in [-0.05, 0) is 93.7 Å². The zero-order chi connectivity index (χ0) is 30.0. The van der Waals surface area contributed by atoms with E-state index < -0.39 is 23.3 Å². The molecule has 3 aromatic rings. The average Bonchev–Trinajstić information content (AvgIpc) is 3.70. The van der Waals surface area contributed by atoms with Crippen molar-refractivity contribution in [2.45, 2.75) is 107 Å². The summed E-state index contributed by atoms with van der Waals surface area (Å²) in [4.78, 5) is 26.2. The lowest BCUT2D eigenvalue weighted by molar-refractivity contribution is 0.0301.